The zero-order valence-corrected chi connectivity index (χ0v) is 14.0. The predicted octanol–water partition coefficient (Wildman–Crippen LogP) is 2.00. The summed E-state index contributed by atoms with van der Waals surface area (Å²) >= 11 is 0. The highest BCUT2D eigenvalue weighted by Gasteiger charge is 2.20. The van der Waals surface area contributed by atoms with Crippen LogP contribution in [0.25, 0.3) is 17.0 Å². The van der Waals surface area contributed by atoms with Crippen LogP contribution in [0, 0.1) is 0 Å². The molecule has 0 saturated heterocycles. The number of benzene rings is 1. The molecule has 2 N–H and O–H groups in total. The average Bonchev–Trinajstić information content (AvgIpc) is 2.50. The summed E-state index contributed by atoms with van der Waals surface area (Å²) < 4.78 is 0. The molecule has 1 aromatic carbocycles. The smallest absolute Gasteiger partial charge is 0.255 e. The van der Waals surface area contributed by atoms with Crippen LogP contribution in [0.3, 0.4) is 0 Å². The first-order valence-corrected chi connectivity index (χ1v) is 7.55. The first-order chi connectivity index (χ1) is 10.8. The number of rotatable bonds is 5. The number of hydrogen-bond donors (Lipinski definition) is 2. The molecule has 0 aliphatic rings. The molecule has 5 heteroatoms. The number of nitrogens with one attached hydrogen (secondary N) is 2. The predicted molar refractivity (Wildman–Crippen MR) is 94.4 cm³/mol. The van der Waals surface area contributed by atoms with Gasteiger partial charge in [-0.1, -0.05) is 18.2 Å². The maximum atomic E-state index is 12.0. The van der Waals surface area contributed by atoms with Crippen LogP contribution in [0.15, 0.2) is 41.2 Å². The summed E-state index contributed by atoms with van der Waals surface area (Å²) in [7, 11) is 3.94. The number of aromatic nitrogens is 1. The lowest BCUT2D eigenvalue weighted by Gasteiger charge is -2.32. The molecule has 1 heterocycles. The van der Waals surface area contributed by atoms with Gasteiger partial charge in [-0.2, -0.15) is 0 Å². The molecule has 0 aliphatic carbocycles. The summed E-state index contributed by atoms with van der Waals surface area (Å²) in [6.07, 6.45) is 2.94. The zero-order valence-electron chi connectivity index (χ0n) is 14.0. The second-order valence-corrected chi connectivity index (χ2v) is 6.40. The van der Waals surface area contributed by atoms with Crippen LogP contribution in [-0.2, 0) is 4.79 Å². The fourth-order valence-electron chi connectivity index (χ4n) is 1.97. The Hall–Kier alpha value is -2.40. The van der Waals surface area contributed by atoms with Gasteiger partial charge in [0.05, 0.1) is 0 Å². The molecule has 0 radical (unpaired) electrons. The Kier molecular flexibility index (Phi) is 5.01. The second-order valence-electron chi connectivity index (χ2n) is 6.40. The van der Waals surface area contributed by atoms with E-state index in [1.54, 1.807) is 12.1 Å². The fraction of sp³-hybridized carbons (Fsp3) is 0.333. The van der Waals surface area contributed by atoms with Crippen molar-refractivity contribution in [2.24, 2.45) is 0 Å². The Labute approximate surface area is 136 Å². The highest BCUT2D eigenvalue weighted by Crippen LogP contribution is 2.11. The third-order valence-electron chi connectivity index (χ3n) is 4.10. The first kappa shape index (κ1) is 17.0. The monoisotopic (exact) mass is 313 g/mol. The molecule has 0 bridgehead atoms. The van der Waals surface area contributed by atoms with Crippen molar-refractivity contribution in [2.75, 3.05) is 20.6 Å². The molecular formula is C18H23N3O2. The normalized spacial score (nSPS) is 12.2. The number of pyridine rings is 1. The quantitative estimate of drug-likeness (QED) is 0.830. The second kappa shape index (κ2) is 6.79. The van der Waals surface area contributed by atoms with Crippen molar-refractivity contribution >= 4 is 22.9 Å². The van der Waals surface area contributed by atoms with E-state index >= 15 is 0 Å². The molecule has 0 saturated carbocycles. The number of para-hydroxylation sites is 1. The van der Waals surface area contributed by atoms with Crippen LogP contribution in [-0.4, -0.2) is 42.0 Å². The SMILES string of the molecule is CN(C)C(C)(C)CNC(=O)/C=C/c1cc2ccccc2[nH]c1=O. The van der Waals surface area contributed by atoms with Gasteiger partial charge >= 0.3 is 0 Å². The van der Waals surface area contributed by atoms with E-state index in [-0.39, 0.29) is 17.0 Å². The number of fused-ring (bicyclic) bond motifs is 1. The number of aromatic amines is 1. The minimum absolute atomic E-state index is 0.135. The van der Waals surface area contributed by atoms with E-state index in [0.717, 1.165) is 10.9 Å². The molecule has 2 aromatic rings. The summed E-state index contributed by atoms with van der Waals surface area (Å²) in [4.78, 5) is 28.8. The van der Waals surface area contributed by atoms with Crippen molar-refractivity contribution in [3.05, 3.63) is 52.3 Å². The Morgan fingerprint density at radius 3 is 2.70 bits per heavy atom. The molecule has 1 amide bonds. The number of hydrogen-bond acceptors (Lipinski definition) is 3. The summed E-state index contributed by atoms with van der Waals surface area (Å²) in [6, 6.07) is 9.32. The number of amides is 1. The van der Waals surface area contributed by atoms with Crippen LogP contribution in [0.4, 0.5) is 0 Å². The molecule has 23 heavy (non-hydrogen) atoms. The minimum atomic E-state index is -0.215. The van der Waals surface area contributed by atoms with Crippen LogP contribution < -0.4 is 10.9 Å². The van der Waals surface area contributed by atoms with Gasteiger partial charge in [0.15, 0.2) is 0 Å². The molecular weight excluding hydrogens is 290 g/mol. The van der Waals surface area contributed by atoms with E-state index in [4.69, 9.17) is 0 Å². The van der Waals surface area contributed by atoms with Crippen LogP contribution in [0.1, 0.15) is 19.4 Å². The summed E-state index contributed by atoms with van der Waals surface area (Å²) in [6.45, 7) is 4.62. The molecule has 5 nitrogen and oxygen atoms in total. The average molecular weight is 313 g/mol. The van der Waals surface area contributed by atoms with E-state index in [1.165, 1.54) is 6.08 Å². The Bertz CT molecular complexity index is 788. The van der Waals surface area contributed by atoms with Crippen molar-refractivity contribution in [2.45, 2.75) is 19.4 Å². The van der Waals surface area contributed by atoms with Crippen molar-refractivity contribution < 1.29 is 4.79 Å². The van der Waals surface area contributed by atoms with Gasteiger partial charge in [0.1, 0.15) is 0 Å². The van der Waals surface area contributed by atoms with Gasteiger partial charge in [-0.05, 0) is 51.5 Å². The van der Waals surface area contributed by atoms with E-state index in [1.807, 2.05) is 57.1 Å². The molecule has 1 aromatic heterocycles. The summed E-state index contributed by atoms with van der Waals surface area (Å²) in [5, 5.41) is 3.78. The molecule has 0 fully saturated rings. The van der Waals surface area contributed by atoms with Gasteiger partial charge in [-0.25, -0.2) is 0 Å². The summed E-state index contributed by atoms with van der Waals surface area (Å²) in [5.41, 5.74) is 0.906. The topological polar surface area (TPSA) is 65.2 Å². The largest absolute Gasteiger partial charge is 0.351 e. The van der Waals surface area contributed by atoms with Gasteiger partial charge in [0, 0.05) is 29.2 Å². The molecule has 0 atom stereocenters. The molecule has 122 valence electrons. The maximum absolute atomic E-state index is 12.0. The zero-order chi connectivity index (χ0) is 17.0. The van der Waals surface area contributed by atoms with E-state index in [9.17, 15) is 9.59 Å². The standard InChI is InChI=1S/C18H23N3O2/c1-18(2,21(3)4)12-19-16(22)10-9-14-11-13-7-5-6-8-15(13)20-17(14)23/h5-11H,12H2,1-4H3,(H,19,22)(H,20,23)/b10-9+. The van der Waals surface area contributed by atoms with E-state index in [2.05, 4.69) is 10.3 Å². The van der Waals surface area contributed by atoms with Gasteiger partial charge < -0.3 is 15.2 Å². The van der Waals surface area contributed by atoms with Crippen LogP contribution in [0.5, 0.6) is 0 Å². The third-order valence-corrected chi connectivity index (χ3v) is 4.10. The first-order valence-electron chi connectivity index (χ1n) is 7.55. The Morgan fingerprint density at radius 1 is 1.30 bits per heavy atom. The summed E-state index contributed by atoms with van der Waals surface area (Å²) in [5.74, 6) is -0.215. The highest BCUT2D eigenvalue weighted by atomic mass is 16.1. The number of H-pyrrole nitrogens is 1. The van der Waals surface area contributed by atoms with Gasteiger partial charge in [-0.3, -0.25) is 9.59 Å². The van der Waals surface area contributed by atoms with Gasteiger partial charge in [0.2, 0.25) is 5.91 Å². The lowest BCUT2D eigenvalue weighted by atomic mass is 10.0. The Morgan fingerprint density at radius 2 is 2.00 bits per heavy atom. The molecule has 0 unspecified atom stereocenters. The highest BCUT2D eigenvalue weighted by molar-refractivity contribution is 5.92. The molecule has 0 aliphatic heterocycles. The number of nitrogens with zero attached hydrogens (tertiary/aromatic N) is 1. The number of carbonyl (C=O) groups is 1. The molecule has 0 spiro atoms. The van der Waals surface area contributed by atoms with Gasteiger partial charge in [-0.15, -0.1) is 0 Å². The van der Waals surface area contributed by atoms with Crippen LogP contribution >= 0.6 is 0 Å². The van der Waals surface area contributed by atoms with Crippen LogP contribution in [0.2, 0.25) is 0 Å². The lowest BCUT2D eigenvalue weighted by Crippen LogP contribution is -2.47. The van der Waals surface area contributed by atoms with E-state index < -0.39 is 0 Å². The van der Waals surface area contributed by atoms with Crippen molar-refractivity contribution in [3.8, 4) is 0 Å². The van der Waals surface area contributed by atoms with Crippen molar-refractivity contribution in [3.63, 3.8) is 0 Å². The number of likely N-dealkylation sites (N-methyl/N-ethyl adjacent to an activating group) is 1. The molecule has 2 rings (SSSR count). The lowest BCUT2D eigenvalue weighted by molar-refractivity contribution is -0.116. The maximum Gasteiger partial charge on any atom is 0.255 e. The van der Waals surface area contributed by atoms with Gasteiger partial charge in [0.25, 0.3) is 5.56 Å². The minimum Gasteiger partial charge on any atom is -0.351 e. The van der Waals surface area contributed by atoms with Crippen molar-refractivity contribution in [1.29, 1.82) is 0 Å². The Balaban J connectivity index is 2.09. The fourth-order valence-corrected chi connectivity index (χ4v) is 1.97. The number of carbonyl (C=O) groups excluding carboxylic acids is 1. The van der Waals surface area contributed by atoms with Crippen molar-refractivity contribution in [1.82, 2.24) is 15.2 Å². The third kappa shape index (κ3) is 4.29. The van der Waals surface area contributed by atoms with E-state index in [0.29, 0.717) is 12.1 Å².